The number of nitrogens with two attached hydrogens (primary N) is 1. The van der Waals surface area contributed by atoms with Crippen molar-refractivity contribution in [2.24, 2.45) is 5.14 Å². The highest BCUT2D eigenvalue weighted by atomic mass is 32.2. The molecule has 0 aliphatic heterocycles. The number of amides is 1. The summed E-state index contributed by atoms with van der Waals surface area (Å²) in [7, 11) is -3.75. The Morgan fingerprint density at radius 1 is 1.15 bits per heavy atom. The Morgan fingerprint density at radius 3 is 2.44 bits per heavy atom. The summed E-state index contributed by atoms with van der Waals surface area (Å²) >= 11 is 2.87. The van der Waals surface area contributed by atoms with Crippen LogP contribution >= 0.6 is 23.1 Å². The van der Waals surface area contributed by atoms with E-state index in [0.29, 0.717) is 5.69 Å². The van der Waals surface area contributed by atoms with Crippen LogP contribution in [-0.2, 0) is 14.8 Å². The molecule has 3 rings (SSSR count). The standard InChI is InChI=1S/C18H17N3O3S3/c1-12(17(22)20-14-7-9-15(10-8-14)27(19,23)24)26-18-21-16(11-25-18)13-5-3-2-4-6-13/h2-12H,1H3,(H,20,22)(H2,19,23,24)/t12-/m0/s1. The molecule has 3 N–H and O–H groups in total. The summed E-state index contributed by atoms with van der Waals surface area (Å²) in [4.78, 5) is 16.9. The Morgan fingerprint density at radius 2 is 1.81 bits per heavy atom. The van der Waals surface area contributed by atoms with Crippen molar-refractivity contribution >= 4 is 44.7 Å². The van der Waals surface area contributed by atoms with Crippen LogP contribution in [-0.4, -0.2) is 24.6 Å². The van der Waals surface area contributed by atoms with Crippen LogP contribution in [0.4, 0.5) is 5.69 Å². The topological polar surface area (TPSA) is 102 Å². The summed E-state index contributed by atoms with van der Waals surface area (Å²) in [6.07, 6.45) is 0. The van der Waals surface area contributed by atoms with Crippen molar-refractivity contribution < 1.29 is 13.2 Å². The van der Waals surface area contributed by atoms with Crippen LogP contribution in [0.3, 0.4) is 0 Å². The molecule has 27 heavy (non-hydrogen) atoms. The van der Waals surface area contributed by atoms with E-state index in [1.807, 2.05) is 35.7 Å². The zero-order valence-electron chi connectivity index (χ0n) is 14.3. The Bertz CT molecular complexity index is 1030. The molecule has 0 fully saturated rings. The lowest BCUT2D eigenvalue weighted by Gasteiger charge is -2.10. The van der Waals surface area contributed by atoms with E-state index in [0.717, 1.165) is 15.6 Å². The van der Waals surface area contributed by atoms with Crippen LogP contribution in [0.5, 0.6) is 0 Å². The minimum absolute atomic E-state index is 0.000788. The molecule has 0 aliphatic carbocycles. The summed E-state index contributed by atoms with van der Waals surface area (Å²) in [5.41, 5.74) is 2.42. The molecule has 0 saturated carbocycles. The minimum atomic E-state index is -3.75. The predicted octanol–water partition coefficient (Wildman–Crippen LogP) is 3.58. The monoisotopic (exact) mass is 419 g/mol. The number of thioether (sulfide) groups is 1. The molecule has 6 nitrogen and oxygen atoms in total. The van der Waals surface area contributed by atoms with E-state index in [1.54, 1.807) is 6.92 Å². The number of hydrogen-bond donors (Lipinski definition) is 2. The highest BCUT2D eigenvalue weighted by Crippen LogP contribution is 2.31. The third kappa shape index (κ3) is 5.16. The maximum Gasteiger partial charge on any atom is 0.238 e. The second-order valence-corrected chi connectivity index (χ2v) is 9.69. The summed E-state index contributed by atoms with van der Waals surface area (Å²) in [6.45, 7) is 1.79. The Hall–Kier alpha value is -2.20. The van der Waals surface area contributed by atoms with Crippen LogP contribution in [0.2, 0.25) is 0 Å². The van der Waals surface area contributed by atoms with Crippen LogP contribution in [0.15, 0.2) is 69.2 Å². The van der Waals surface area contributed by atoms with Gasteiger partial charge in [0.15, 0.2) is 4.34 Å². The van der Waals surface area contributed by atoms with Crippen molar-refractivity contribution in [2.75, 3.05) is 5.32 Å². The van der Waals surface area contributed by atoms with Gasteiger partial charge in [-0.05, 0) is 31.2 Å². The lowest BCUT2D eigenvalue weighted by Crippen LogP contribution is -2.22. The van der Waals surface area contributed by atoms with E-state index in [-0.39, 0.29) is 16.1 Å². The Labute approximate surface area is 165 Å². The van der Waals surface area contributed by atoms with Crippen molar-refractivity contribution in [3.8, 4) is 11.3 Å². The van der Waals surface area contributed by atoms with Crippen molar-refractivity contribution in [1.29, 1.82) is 0 Å². The number of benzene rings is 2. The molecule has 0 bridgehead atoms. The van der Waals surface area contributed by atoms with Gasteiger partial charge < -0.3 is 5.32 Å². The number of aromatic nitrogens is 1. The molecule has 0 spiro atoms. The number of nitrogens with one attached hydrogen (secondary N) is 1. The lowest BCUT2D eigenvalue weighted by molar-refractivity contribution is -0.115. The molecule has 3 aromatic rings. The largest absolute Gasteiger partial charge is 0.325 e. The Balaban J connectivity index is 1.62. The third-order valence-corrected chi connectivity index (χ3v) is 6.65. The molecule has 1 amide bonds. The number of primary sulfonamides is 1. The first-order valence-corrected chi connectivity index (χ1v) is 11.2. The predicted molar refractivity (Wildman–Crippen MR) is 109 cm³/mol. The zero-order valence-corrected chi connectivity index (χ0v) is 16.8. The van der Waals surface area contributed by atoms with Crippen molar-refractivity contribution in [3.63, 3.8) is 0 Å². The van der Waals surface area contributed by atoms with Gasteiger partial charge in [0.2, 0.25) is 15.9 Å². The van der Waals surface area contributed by atoms with E-state index in [4.69, 9.17) is 5.14 Å². The van der Waals surface area contributed by atoms with Gasteiger partial charge in [0.1, 0.15) is 0 Å². The van der Waals surface area contributed by atoms with Gasteiger partial charge in [-0.15, -0.1) is 11.3 Å². The number of hydrogen-bond acceptors (Lipinski definition) is 6. The van der Waals surface area contributed by atoms with Gasteiger partial charge in [0.25, 0.3) is 0 Å². The molecule has 1 heterocycles. The molecule has 0 aliphatic rings. The highest BCUT2D eigenvalue weighted by Gasteiger charge is 2.17. The fourth-order valence-electron chi connectivity index (χ4n) is 2.23. The highest BCUT2D eigenvalue weighted by molar-refractivity contribution is 8.02. The van der Waals surface area contributed by atoms with Gasteiger partial charge in [0, 0.05) is 16.6 Å². The number of nitrogens with zero attached hydrogens (tertiary/aromatic N) is 1. The first kappa shape index (κ1) is 19.6. The van der Waals surface area contributed by atoms with Crippen molar-refractivity contribution in [3.05, 3.63) is 60.0 Å². The SMILES string of the molecule is C[C@H](Sc1nc(-c2ccccc2)cs1)C(=O)Nc1ccc(S(N)(=O)=O)cc1. The number of carbonyl (C=O) groups excluding carboxylic acids is 1. The van der Waals surface area contributed by atoms with Crippen molar-refractivity contribution in [1.82, 2.24) is 4.98 Å². The van der Waals surface area contributed by atoms with E-state index in [1.165, 1.54) is 47.4 Å². The number of anilines is 1. The zero-order chi connectivity index (χ0) is 19.4. The number of rotatable bonds is 6. The Kier molecular flexibility index (Phi) is 5.95. The van der Waals surface area contributed by atoms with Gasteiger partial charge >= 0.3 is 0 Å². The summed E-state index contributed by atoms with van der Waals surface area (Å²) in [5.74, 6) is -0.195. The smallest absolute Gasteiger partial charge is 0.238 e. The molecule has 9 heteroatoms. The third-order valence-electron chi connectivity index (χ3n) is 3.65. The second kappa shape index (κ2) is 8.22. The maximum atomic E-state index is 12.4. The molecule has 140 valence electrons. The van der Waals surface area contributed by atoms with E-state index >= 15 is 0 Å². The van der Waals surface area contributed by atoms with Gasteiger partial charge in [-0.2, -0.15) is 0 Å². The normalized spacial score (nSPS) is 12.5. The number of carbonyl (C=O) groups is 1. The van der Waals surface area contributed by atoms with Gasteiger partial charge in [0.05, 0.1) is 15.8 Å². The lowest BCUT2D eigenvalue weighted by atomic mass is 10.2. The van der Waals surface area contributed by atoms with Crippen LogP contribution < -0.4 is 10.5 Å². The molecule has 0 radical (unpaired) electrons. The first-order chi connectivity index (χ1) is 12.8. The second-order valence-electron chi connectivity index (χ2n) is 5.68. The van der Waals surface area contributed by atoms with Crippen molar-refractivity contribution in [2.45, 2.75) is 21.4 Å². The van der Waals surface area contributed by atoms with Gasteiger partial charge in [-0.1, -0.05) is 42.1 Å². The summed E-state index contributed by atoms with van der Waals surface area (Å²) in [6, 6.07) is 15.6. The van der Waals surface area contributed by atoms with Crippen LogP contribution in [0.1, 0.15) is 6.92 Å². The quantitative estimate of drug-likeness (QED) is 0.595. The van der Waals surface area contributed by atoms with Crippen LogP contribution in [0.25, 0.3) is 11.3 Å². The van der Waals surface area contributed by atoms with E-state index in [2.05, 4.69) is 10.3 Å². The summed E-state index contributed by atoms with van der Waals surface area (Å²) < 4.78 is 23.3. The van der Waals surface area contributed by atoms with Crippen LogP contribution in [0, 0.1) is 0 Å². The molecule has 1 atom stereocenters. The fourth-order valence-corrected chi connectivity index (χ4v) is 4.72. The maximum absolute atomic E-state index is 12.4. The molecule has 2 aromatic carbocycles. The number of sulfonamides is 1. The van der Waals surface area contributed by atoms with E-state index in [9.17, 15) is 13.2 Å². The molecule has 0 saturated heterocycles. The van der Waals surface area contributed by atoms with E-state index < -0.39 is 10.0 Å². The molecular weight excluding hydrogens is 402 g/mol. The molecule has 1 aromatic heterocycles. The van der Waals surface area contributed by atoms with Gasteiger partial charge in [-0.3, -0.25) is 4.79 Å². The molecule has 0 unspecified atom stereocenters. The average molecular weight is 420 g/mol. The van der Waals surface area contributed by atoms with Gasteiger partial charge in [-0.25, -0.2) is 18.5 Å². The average Bonchev–Trinajstić information content (AvgIpc) is 3.10. The molecular formula is C18H17N3O3S3. The first-order valence-electron chi connectivity index (χ1n) is 7.94. The summed E-state index contributed by atoms with van der Waals surface area (Å²) in [5, 5.41) is 9.43. The fraction of sp³-hybridized carbons (Fsp3) is 0.111. The minimum Gasteiger partial charge on any atom is -0.325 e. The number of thiazole rings is 1.